The third-order valence-corrected chi connectivity index (χ3v) is 3.74. The maximum Gasteiger partial charge on any atom is 0.251 e. The molecule has 1 aromatic carbocycles. The summed E-state index contributed by atoms with van der Waals surface area (Å²) in [5.41, 5.74) is 6.10. The van der Waals surface area contributed by atoms with Crippen LogP contribution in [0.4, 0.5) is 5.69 Å². The number of rotatable bonds is 6. The number of nitrogens with one attached hydrogen (secondary N) is 1. The predicted molar refractivity (Wildman–Crippen MR) is 79.0 cm³/mol. The zero-order valence-corrected chi connectivity index (χ0v) is 12.2. The zero-order chi connectivity index (χ0) is 15.2. The molecule has 0 atom stereocenters. The quantitative estimate of drug-likeness (QED) is 0.469. The lowest BCUT2D eigenvalue weighted by Gasteiger charge is -2.07. The minimum atomic E-state index is -3.40. The summed E-state index contributed by atoms with van der Waals surface area (Å²) in [7, 11) is -3.40. The summed E-state index contributed by atoms with van der Waals surface area (Å²) in [6.45, 7) is 0.490. The molecule has 0 radical (unpaired) electrons. The molecule has 0 saturated carbocycles. The molecule has 0 aliphatic heterocycles. The second-order valence-electron chi connectivity index (χ2n) is 4.48. The number of unbranched alkanes of at least 4 members (excludes halogenated alkanes) is 2. The van der Waals surface area contributed by atoms with E-state index in [-0.39, 0.29) is 22.1 Å². The van der Waals surface area contributed by atoms with Crippen LogP contribution < -0.4 is 11.1 Å². The van der Waals surface area contributed by atoms with Gasteiger partial charge in [0.15, 0.2) is 9.84 Å². The molecule has 0 spiro atoms. The van der Waals surface area contributed by atoms with Crippen molar-refractivity contribution in [1.82, 2.24) is 5.32 Å². The van der Waals surface area contributed by atoms with E-state index < -0.39 is 9.84 Å². The standard InChI is InChI=1S/C14H18N2O3S/c1-3-4-5-6-7-16-14(17)11-8-12(15)10-13(9-11)20(2,18)19/h1,8-10H,4-7,15H2,2H3,(H,16,17). The number of hydrogen-bond donors (Lipinski definition) is 2. The van der Waals surface area contributed by atoms with Crippen molar-refractivity contribution in [2.45, 2.75) is 24.2 Å². The molecule has 5 nitrogen and oxygen atoms in total. The Morgan fingerprint density at radius 2 is 2.05 bits per heavy atom. The van der Waals surface area contributed by atoms with Gasteiger partial charge in [0, 0.05) is 30.5 Å². The third kappa shape index (κ3) is 4.94. The van der Waals surface area contributed by atoms with E-state index >= 15 is 0 Å². The number of anilines is 1. The van der Waals surface area contributed by atoms with E-state index in [1.807, 2.05) is 0 Å². The largest absolute Gasteiger partial charge is 0.399 e. The zero-order valence-electron chi connectivity index (χ0n) is 11.3. The van der Waals surface area contributed by atoms with Crippen LogP contribution in [0.25, 0.3) is 0 Å². The lowest BCUT2D eigenvalue weighted by molar-refractivity contribution is 0.0953. The number of nitrogens with two attached hydrogens (primary N) is 1. The first kappa shape index (κ1) is 16.1. The fourth-order valence-electron chi connectivity index (χ4n) is 1.62. The van der Waals surface area contributed by atoms with Crippen molar-refractivity contribution >= 4 is 21.4 Å². The maximum absolute atomic E-state index is 11.9. The Labute approximate surface area is 119 Å². The number of carbonyl (C=O) groups is 1. The van der Waals surface area contributed by atoms with Crippen molar-refractivity contribution < 1.29 is 13.2 Å². The number of carbonyl (C=O) groups excluding carboxylic acids is 1. The molecule has 0 heterocycles. The Balaban J connectivity index is 2.74. The van der Waals surface area contributed by atoms with Crippen LogP contribution >= 0.6 is 0 Å². The second-order valence-corrected chi connectivity index (χ2v) is 6.50. The van der Waals surface area contributed by atoms with Gasteiger partial charge in [0.25, 0.3) is 5.91 Å². The van der Waals surface area contributed by atoms with Crippen molar-refractivity contribution in [2.75, 3.05) is 18.5 Å². The van der Waals surface area contributed by atoms with Crippen LogP contribution in [0, 0.1) is 12.3 Å². The van der Waals surface area contributed by atoms with Gasteiger partial charge in [-0.15, -0.1) is 12.3 Å². The fraction of sp³-hybridized carbons (Fsp3) is 0.357. The summed E-state index contributed by atoms with van der Waals surface area (Å²) < 4.78 is 23.0. The van der Waals surface area contributed by atoms with Gasteiger partial charge in [0.2, 0.25) is 0 Å². The molecular formula is C14H18N2O3S. The van der Waals surface area contributed by atoms with Crippen LogP contribution in [0.3, 0.4) is 0 Å². The van der Waals surface area contributed by atoms with Crippen molar-refractivity contribution in [3.63, 3.8) is 0 Å². The van der Waals surface area contributed by atoms with Gasteiger partial charge in [-0.25, -0.2) is 8.42 Å². The molecule has 0 aliphatic carbocycles. The van der Waals surface area contributed by atoms with Gasteiger partial charge in [-0.3, -0.25) is 4.79 Å². The molecule has 0 aromatic heterocycles. The van der Waals surface area contributed by atoms with E-state index in [0.29, 0.717) is 13.0 Å². The van der Waals surface area contributed by atoms with E-state index in [1.54, 1.807) is 0 Å². The van der Waals surface area contributed by atoms with Gasteiger partial charge in [0.05, 0.1) is 4.90 Å². The van der Waals surface area contributed by atoms with E-state index in [0.717, 1.165) is 19.1 Å². The van der Waals surface area contributed by atoms with Gasteiger partial charge in [-0.2, -0.15) is 0 Å². The highest BCUT2D eigenvalue weighted by molar-refractivity contribution is 7.90. The first-order valence-electron chi connectivity index (χ1n) is 6.17. The second kappa shape index (κ2) is 6.96. The minimum absolute atomic E-state index is 0.0370. The summed E-state index contributed by atoms with van der Waals surface area (Å²) in [6, 6.07) is 4.10. The Bertz CT molecular complexity index is 630. The number of benzene rings is 1. The summed E-state index contributed by atoms with van der Waals surface area (Å²) in [5.74, 6) is 2.18. The van der Waals surface area contributed by atoms with Crippen LogP contribution in [0.5, 0.6) is 0 Å². The van der Waals surface area contributed by atoms with Crippen LogP contribution in [-0.2, 0) is 9.84 Å². The van der Waals surface area contributed by atoms with E-state index in [9.17, 15) is 13.2 Å². The Morgan fingerprint density at radius 1 is 1.35 bits per heavy atom. The van der Waals surface area contributed by atoms with Gasteiger partial charge < -0.3 is 11.1 Å². The van der Waals surface area contributed by atoms with Gasteiger partial charge >= 0.3 is 0 Å². The number of hydrogen-bond acceptors (Lipinski definition) is 4. The fourth-order valence-corrected chi connectivity index (χ4v) is 2.31. The predicted octanol–water partition coefficient (Wildman–Crippen LogP) is 1.21. The summed E-state index contributed by atoms with van der Waals surface area (Å²) in [5, 5.41) is 2.71. The maximum atomic E-state index is 11.9. The number of terminal acetylenes is 1. The van der Waals surface area contributed by atoms with Crippen LogP contribution in [0.15, 0.2) is 23.1 Å². The number of sulfone groups is 1. The lowest BCUT2D eigenvalue weighted by Crippen LogP contribution is -2.24. The third-order valence-electron chi connectivity index (χ3n) is 2.65. The first-order valence-corrected chi connectivity index (χ1v) is 8.06. The molecule has 3 N–H and O–H groups in total. The molecule has 0 saturated heterocycles. The molecular weight excluding hydrogens is 276 g/mol. The average molecular weight is 294 g/mol. The van der Waals surface area contributed by atoms with Crippen molar-refractivity contribution in [2.24, 2.45) is 0 Å². The van der Waals surface area contributed by atoms with E-state index in [2.05, 4.69) is 11.2 Å². The van der Waals surface area contributed by atoms with Gasteiger partial charge in [-0.05, 0) is 31.0 Å². The van der Waals surface area contributed by atoms with Gasteiger partial charge in [0.1, 0.15) is 0 Å². The Hall–Kier alpha value is -2.00. The Morgan fingerprint density at radius 3 is 2.65 bits per heavy atom. The molecule has 1 amide bonds. The molecule has 108 valence electrons. The van der Waals surface area contributed by atoms with Crippen LogP contribution in [0.2, 0.25) is 0 Å². The molecule has 1 aromatic rings. The minimum Gasteiger partial charge on any atom is -0.399 e. The van der Waals surface area contributed by atoms with Crippen molar-refractivity contribution in [3.05, 3.63) is 23.8 Å². The summed E-state index contributed by atoms with van der Waals surface area (Å²) >= 11 is 0. The highest BCUT2D eigenvalue weighted by Gasteiger charge is 2.13. The monoisotopic (exact) mass is 294 g/mol. The summed E-state index contributed by atoms with van der Waals surface area (Å²) in [4.78, 5) is 11.9. The molecule has 20 heavy (non-hydrogen) atoms. The molecule has 0 fully saturated rings. The normalized spacial score (nSPS) is 10.8. The molecule has 0 bridgehead atoms. The summed E-state index contributed by atoms with van der Waals surface area (Å²) in [6.07, 6.45) is 8.48. The van der Waals surface area contributed by atoms with Crippen LogP contribution in [0.1, 0.15) is 29.6 Å². The SMILES string of the molecule is C#CCCCCNC(=O)c1cc(N)cc(S(C)(=O)=O)c1. The van der Waals surface area contributed by atoms with E-state index in [4.69, 9.17) is 12.2 Å². The number of amides is 1. The first-order chi connectivity index (χ1) is 9.34. The number of nitrogen functional groups attached to an aromatic ring is 1. The van der Waals surface area contributed by atoms with Gasteiger partial charge in [-0.1, -0.05) is 0 Å². The smallest absolute Gasteiger partial charge is 0.251 e. The van der Waals surface area contributed by atoms with Crippen LogP contribution in [-0.4, -0.2) is 27.1 Å². The van der Waals surface area contributed by atoms with Crippen molar-refractivity contribution in [3.8, 4) is 12.3 Å². The van der Waals surface area contributed by atoms with E-state index in [1.165, 1.54) is 18.2 Å². The highest BCUT2D eigenvalue weighted by atomic mass is 32.2. The molecule has 1 rings (SSSR count). The molecule has 0 aliphatic rings. The molecule has 6 heteroatoms. The molecule has 0 unspecified atom stereocenters. The topological polar surface area (TPSA) is 89.3 Å². The Kier molecular flexibility index (Phi) is 5.59. The highest BCUT2D eigenvalue weighted by Crippen LogP contribution is 2.16. The lowest BCUT2D eigenvalue weighted by atomic mass is 10.2. The average Bonchev–Trinajstić information content (AvgIpc) is 2.36. The van der Waals surface area contributed by atoms with Crippen molar-refractivity contribution in [1.29, 1.82) is 0 Å².